The molecule has 1 heterocycles. The van der Waals surface area contributed by atoms with Crippen LogP contribution in [0.2, 0.25) is 10.0 Å². The lowest BCUT2D eigenvalue weighted by Gasteiger charge is -2.04. The second kappa shape index (κ2) is 6.10. The molecule has 2 nitrogen and oxygen atoms in total. The average Bonchev–Trinajstić information content (AvgIpc) is 2.85. The number of para-hydroxylation sites is 1. The number of hydrogen-bond donors (Lipinski definition) is 1. The molecule has 0 amide bonds. The van der Waals surface area contributed by atoms with Gasteiger partial charge in [0.1, 0.15) is 5.01 Å². The van der Waals surface area contributed by atoms with E-state index in [1.54, 1.807) is 11.3 Å². The third-order valence-corrected chi connectivity index (χ3v) is 4.70. The standard InChI is InChI=1S/C15H12Cl2N2S/c16-11-6-5-10(7-12(11)17)8-18-9-15-19-13-3-1-2-4-14(13)20-15/h1-7,18H,8-9H2. The molecule has 0 aliphatic rings. The lowest BCUT2D eigenvalue weighted by atomic mass is 10.2. The van der Waals surface area contributed by atoms with E-state index in [0.29, 0.717) is 10.0 Å². The Morgan fingerprint density at radius 3 is 2.65 bits per heavy atom. The highest BCUT2D eigenvalue weighted by Gasteiger charge is 2.03. The molecule has 0 spiro atoms. The van der Waals surface area contributed by atoms with Crippen molar-refractivity contribution in [1.82, 2.24) is 10.3 Å². The van der Waals surface area contributed by atoms with Crippen LogP contribution >= 0.6 is 34.5 Å². The molecular formula is C15H12Cl2N2S. The Morgan fingerprint density at radius 1 is 1.00 bits per heavy atom. The molecule has 5 heteroatoms. The van der Waals surface area contributed by atoms with Crippen LogP contribution in [0.1, 0.15) is 10.6 Å². The van der Waals surface area contributed by atoms with Crippen LogP contribution in [-0.2, 0) is 13.1 Å². The van der Waals surface area contributed by atoms with Crippen LogP contribution < -0.4 is 5.32 Å². The molecule has 102 valence electrons. The zero-order valence-corrected chi connectivity index (χ0v) is 12.9. The Labute approximate surface area is 131 Å². The Kier molecular flexibility index (Phi) is 4.22. The molecule has 3 rings (SSSR count). The van der Waals surface area contributed by atoms with Crippen LogP contribution in [0.3, 0.4) is 0 Å². The number of halogens is 2. The summed E-state index contributed by atoms with van der Waals surface area (Å²) in [5.41, 5.74) is 2.17. The van der Waals surface area contributed by atoms with Gasteiger partial charge in [0.15, 0.2) is 0 Å². The Balaban J connectivity index is 1.63. The average molecular weight is 323 g/mol. The first-order chi connectivity index (χ1) is 9.72. The lowest BCUT2D eigenvalue weighted by Crippen LogP contribution is -2.12. The first-order valence-electron chi connectivity index (χ1n) is 6.21. The summed E-state index contributed by atoms with van der Waals surface area (Å²) in [7, 11) is 0. The Hall–Kier alpha value is -1.13. The molecule has 0 bridgehead atoms. The lowest BCUT2D eigenvalue weighted by molar-refractivity contribution is 0.691. The topological polar surface area (TPSA) is 24.9 Å². The van der Waals surface area contributed by atoms with Gasteiger partial charge in [-0.25, -0.2) is 4.98 Å². The maximum atomic E-state index is 5.99. The van der Waals surface area contributed by atoms with E-state index in [1.807, 2.05) is 36.4 Å². The summed E-state index contributed by atoms with van der Waals surface area (Å²) in [5.74, 6) is 0. The number of nitrogens with one attached hydrogen (secondary N) is 1. The predicted molar refractivity (Wildman–Crippen MR) is 86.6 cm³/mol. The number of benzene rings is 2. The van der Waals surface area contributed by atoms with Crippen LogP contribution in [0.25, 0.3) is 10.2 Å². The zero-order chi connectivity index (χ0) is 13.9. The molecule has 0 unspecified atom stereocenters. The summed E-state index contributed by atoms with van der Waals surface area (Å²) in [5, 5.41) is 5.63. The normalized spacial score (nSPS) is 11.1. The molecule has 1 aromatic heterocycles. The van der Waals surface area contributed by atoms with Crippen molar-refractivity contribution >= 4 is 44.8 Å². The first kappa shape index (κ1) is 13.8. The zero-order valence-electron chi connectivity index (χ0n) is 10.6. The minimum Gasteiger partial charge on any atom is -0.306 e. The maximum absolute atomic E-state index is 5.99. The monoisotopic (exact) mass is 322 g/mol. The van der Waals surface area contributed by atoms with Crippen molar-refractivity contribution in [3.05, 3.63) is 63.1 Å². The second-order valence-corrected chi connectivity index (χ2v) is 6.36. The first-order valence-corrected chi connectivity index (χ1v) is 7.79. The summed E-state index contributed by atoms with van der Waals surface area (Å²) in [6.45, 7) is 1.49. The fraction of sp³-hybridized carbons (Fsp3) is 0.133. The highest BCUT2D eigenvalue weighted by atomic mass is 35.5. The van der Waals surface area contributed by atoms with Crippen LogP contribution in [0.15, 0.2) is 42.5 Å². The number of nitrogens with zero attached hydrogens (tertiary/aromatic N) is 1. The van der Waals surface area contributed by atoms with Crippen molar-refractivity contribution in [3.8, 4) is 0 Å². The summed E-state index contributed by atoms with van der Waals surface area (Å²) in [4.78, 5) is 4.58. The molecule has 0 fully saturated rings. The van der Waals surface area contributed by atoms with Gasteiger partial charge in [-0.2, -0.15) is 0 Å². The van der Waals surface area contributed by atoms with Crippen molar-refractivity contribution in [1.29, 1.82) is 0 Å². The molecule has 2 aromatic carbocycles. The summed E-state index contributed by atoms with van der Waals surface area (Å²) >= 11 is 13.6. The van der Waals surface area contributed by atoms with Crippen LogP contribution in [0, 0.1) is 0 Å². The largest absolute Gasteiger partial charge is 0.306 e. The predicted octanol–water partition coefficient (Wildman–Crippen LogP) is 4.89. The fourth-order valence-electron chi connectivity index (χ4n) is 1.96. The van der Waals surface area contributed by atoms with E-state index in [0.717, 1.165) is 29.2 Å². The smallest absolute Gasteiger partial charge is 0.108 e. The van der Waals surface area contributed by atoms with E-state index in [-0.39, 0.29) is 0 Å². The summed E-state index contributed by atoms with van der Waals surface area (Å²) < 4.78 is 1.22. The van der Waals surface area contributed by atoms with Gasteiger partial charge < -0.3 is 5.32 Å². The van der Waals surface area contributed by atoms with E-state index >= 15 is 0 Å². The highest BCUT2D eigenvalue weighted by Crippen LogP contribution is 2.23. The third-order valence-electron chi connectivity index (χ3n) is 2.93. The van der Waals surface area contributed by atoms with Gasteiger partial charge in [-0.3, -0.25) is 0 Å². The fourth-order valence-corrected chi connectivity index (χ4v) is 3.22. The van der Waals surface area contributed by atoms with Crippen LogP contribution in [0.5, 0.6) is 0 Å². The Morgan fingerprint density at radius 2 is 1.85 bits per heavy atom. The maximum Gasteiger partial charge on any atom is 0.108 e. The van der Waals surface area contributed by atoms with Crippen molar-refractivity contribution in [2.75, 3.05) is 0 Å². The van der Waals surface area contributed by atoms with E-state index in [2.05, 4.69) is 16.4 Å². The van der Waals surface area contributed by atoms with Crippen molar-refractivity contribution < 1.29 is 0 Å². The molecule has 0 saturated heterocycles. The van der Waals surface area contributed by atoms with Crippen LogP contribution in [-0.4, -0.2) is 4.98 Å². The SMILES string of the molecule is Clc1ccc(CNCc2nc3ccccc3s2)cc1Cl. The number of hydrogen-bond acceptors (Lipinski definition) is 3. The molecule has 1 N–H and O–H groups in total. The number of aromatic nitrogens is 1. The molecule has 0 aliphatic carbocycles. The Bertz CT molecular complexity index is 707. The van der Waals surface area contributed by atoms with Gasteiger partial charge in [0, 0.05) is 13.1 Å². The van der Waals surface area contributed by atoms with Crippen LogP contribution in [0.4, 0.5) is 0 Å². The second-order valence-electron chi connectivity index (χ2n) is 4.43. The van der Waals surface area contributed by atoms with Gasteiger partial charge in [-0.15, -0.1) is 11.3 Å². The quantitative estimate of drug-likeness (QED) is 0.739. The van der Waals surface area contributed by atoms with Gasteiger partial charge in [0.2, 0.25) is 0 Å². The molecule has 0 saturated carbocycles. The van der Waals surface area contributed by atoms with E-state index in [4.69, 9.17) is 23.2 Å². The third kappa shape index (κ3) is 3.13. The minimum atomic E-state index is 0.585. The van der Waals surface area contributed by atoms with Gasteiger partial charge in [0.25, 0.3) is 0 Å². The van der Waals surface area contributed by atoms with E-state index in [1.165, 1.54) is 4.70 Å². The highest BCUT2D eigenvalue weighted by molar-refractivity contribution is 7.18. The van der Waals surface area contributed by atoms with Gasteiger partial charge in [0.05, 0.1) is 20.3 Å². The van der Waals surface area contributed by atoms with E-state index < -0.39 is 0 Å². The van der Waals surface area contributed by atoms with Crippen molar-refractivity contribution in [2.45, 2.75) is 13.1 Å². The number of fused-ring (bicyclic) bond motifs is 1. The van der Waals surface area contributed by atoms with Gasteiger partial charge in [-0.1, -0.05) is 41.4 Å². The summed E-state index contributed by atoms with van der Waals surface area (Å²) in [6, 6.07) is 13.8. The van der Waals surface area contributed by atoms with Crippen molar-refractivity contribution in [3.63, 3.8) is 0 Å². The minimum absolute atomic E-state index is 0.585. The number of rotatable bonds is 4. The van der Waals surface area contributed by atoms with Crippen molar-refractivity contribution in [2.24, 2.45) is 0 Å². The molecule has 0 atom stereocenters. The number of thiazole rings is 1. The molecular weight excluding hydrogens is 311 g/mol. The van der Waals surface area contributed by atoms with E-state index in [9.17, 15) is 0 Å². The van der Waals surface area contributed by atoms with Gasteiger partial charge >= 0.3 is 0 Å². The molecule has 20 heavy (non-hydrogen) atoms. The summed E-state index contributed by atoms with van der Waals surface area (Å²) in [6.07, 6.45) is 0. The molecule has 0 aliphatic heterocycles. The molecule has 0 radical (unpaired) electrons. The van der Waals surface area contributed by atoms with Gasteiger partial charge in [-0.05, 0) is 29.8 Å². The molecule has 3 aromatic rings.